The van der Waals surface area contributed by atoms with Gasteiger partial charge in [-0.15, -0.1) is 22.7 Å². The van der Waals surface area contributed by atoms with E-state index in [4.69, 9.17) is 0 Å². The minimum Gasteiger partial charge on any atom is -0.298 e. The molecule has 42 heavy (non-hydrogen) atoms. The summed E-state index contributed by atoms with van der Waals surface area (Å²) in [5.41, 5.74) is 7.17. The van der Waals surface area contributed by atoms with Gasteiger partial charge < -0.3 is 0 Å². The molecule has 0 aliphatic rings. The first kappa shape index (κ1) is 29.4. The molecule has 0 saturated carbocycles. The van der Waals surface area contributed by atoms with Crippen molar-refractivity contribution in [2.45, 2.75) is 40.5 Å². The summed E-state index contributed by atoms with van der Waals surface area (Å²) in [6.45, 7) is 8.82. The molecule has 0 aliphatic heterocycles. The first-order valence-corrected chi connectivity index (χ1v) is 15.8. The average molecular weight is 595 g/mol. The number of hydrogen-bond donors (Lipinski definition) is 2. The second-order valence-electron chi connectivity index (χ2n) is 11.2. The summed E-state index contributed by atoms with van der Waals surface area (Å²) < 4.78 is 0. The highest BCUT2D eigenvalue weighted by atomic mass is 32.1. The number of aromatic nitrogens is 2. The van der Waals surface area contributed by atoms with Crippen LogP contribution in [0.15, 0.2) is 83.6 Å². The standard InChI is InChI=1S/C34H34N4O2S2/c1-21(2)17-23-5-9-25(10-6-23)29-19-41-33(35-29)37-31(39)27-13-15-28(16-14-27)32(40)38-34-36-30(20-42-34)26-11-7-24(8-12-26)18-22(3)4/h5-16,19-22H,17-18H2,1-4H3,(H,35,37,39)(H,36,38,40). The molecule has 6 nitrogen and oxygen atoms in total. The van der Waals surface area contributed by atoms with Crippen LogP contribution in [-0.4, -0.2) is 21.8 Å². The summed E-state index contributed by atoms with van der Waals surface area (Å²) >= 11 is 2.76. The molecule has 0 fully saturated rings. The number of anilines is 2. The maximum atomic E-state index is 12.8. The molecule has 0 bridgehead atoms. The van der Waals surface area contributed by atoms with Crippen molar-refractivity contribution in [3.63, 3.8) is 0 Å². The topological polar surface area (TPSA) is 84.0 Å². The molecule has 0 atom stereocenters. The van der Waals surface area contributed by atoms with Gasteiger partial charge in [0.25, 0.3) is 11.8 Å². The molecule has 8 heteroatoms. The Hall–Kier alpha value is -4.14. The predicted molar refractivity (Wildman–Crippen MR) is 175 cm³/mol. The van der Waals surface area contributed by atoms with Crippen LogP contribution in [0, 0.1) is 11.8 Å². The molecule has 0 saturated heterocycles. The Balaban J connectivity index is 1.16. The SMILES string of the molecule is CC(C)Cc1ccc(-c2csc(NC(=O)c3ccc(C(=O)Nc4nc(-c5ccc(CC(C)C)cc5)cs4)cc3)n2)cc1. The van der Waals surface area contributed by atoms with Crippen LogP contribution >= 0.6 is 22.7 Å². The zero-order valence-electron chi connectivity index (χ0n) is 24.2. The van der Waals surface area contributed by atoms with Crippen LogP contribution < -0.4 is 10.6 Å². The Labute approximate surface area is 254 Å². The van der Waals surface area contributed by atoms with E-state index in [0.29, 0.717) is 33.2 Å². The van der Waals surface area contributed by atoms with Crippen molar-refractivity contribution >= 4 is 44.8 Å². The lowest BCUT2D eigenvalue weighted by Gasteiger charge is -2.06. The molecule has 5 aromatic rings. The molecule has 2 heterocycles. The Bertz CT molecular complexity index is 1530. The van der Waals surface area contributed by atoms with Crippen LogP contribution in [0.2, 0.25) is 0 Å². The number of carbonyl (C=O) groups excluding carboxylic acids is 2. The van der Waals surface area contributed by atoms with E-state index >= 15 is 0 Å². The van der Waals surface area contributed by atoms with Crippen molar-refractivity contribution in [2.24, 2.45) is 11.8 Å². The zero-order valence-corrected chi connectivity index (χ0v) is 25.8. The molecule has 0 unspecified atom stereocenters. The van der Waals surface area contributed by atoms with Gasteiger partial charge in [-0.2, -0.15) is 0 Å². The largest absolute Gasteiger partial charge is 0.298 e. The molecular weight excluding hydrogens is 561 g/mol. The average Bonchev–Trinajstić information content (AvgIpc) is 3.63. The van der Waals surface area contributed by atoms with Crippen LogP contribution in [0.25, 0.3) is 22.5 Å². The number of thiazole rings is 2. The third kappa shape index (κ3) is 7.57. The van der Waals surface area contributed by atoms with Gasteiger partial charge in [0.15, 0.2) is 10.3 Å². The lowest BCUT2D eigenvalue weighted by Crippen LogP contribution is -2.14. The molecule has 0 radical (unpaired) electrons. The fraction of sp³-hybridized carbons (Fsp3) is 0.235. The van der Waals surface area contributed by atoms with Gasteiger partial charge in [-0.1, -0.05) is 76.2 Å². The molecule has 2 amide bonds. The summed E-state index contributed by atoms with van der Waals surface area (Å²) in [6.07, 6.45) is 2.08. The number of benzene rings is 3. The number of rotatable bonds is 10. The highest BCUT2D eigenvalue weighted by Crippen LogP contribution is 2.27. The van der Waals surface area contributed by atoms with Gasteiger partial charge in [-0.05, 0) is 60.1 Å². The maximum Gasteiger partial charge on any atom is 0.257 e. The van der Waals surface area contributed by atoms with E-state index in [-0.39, 0.29) is 11.8 Å². The third-order valence-corrected chi connectivity index (χ3v) is 8.16. The molecule has 3 aromatic carbocycles. The Morgan fingerprint density at radius 3 is 1.29 bits per heavy atom. The van der Waals surface area contributed by atoms with Crippen LogP contribution in [0.3, 0.4) is 0 Å². The number of hydrogen-bond acceptors (Lipinski definition) is 6. The Morgan fingerprint density at radius 2 is 0.952 bits per heavy atom. The molecule has 2 aromatic heterocycles. The third-order valence-electron chi connectivity index (χ3n) is 6.65. The summed E-state index contributed by atoms with van der Waals surface area (Å²) in [7, 11) is 0. The predicted octanol–water partition coefficient (Wildman–Crippen LogP) is 8.84. The first-order chi connectivity index (χ1) is 20.2. The quantitative estimate of drug-likeness (QED) is 0.169. The number of carbonyl (C=O) groups is 2. The van der Waals surface area contributed by atoms with Gasteiger partial charge in [0, 0.05) is 33.0 Å². The van der Waals surface area contributed by atoms with Crippen molar-refractivity contribution in [3.8, 4) is 22.5 Å². The lowest BCUT2D eigenvalue weighted by atomic mass is 10.0. The first-order valence-electron chi connectivity index (χ1n) is 14.1. The second-order valence-corrected chi connectivity index (χ2v) is 12.9. The fourth-order valence-corrected chi connectivity index (χ4v) is 6.03. The normalized spacial score (nSPS) is 11.2. The van der Waals surface area contributed by atoms with Crippen LogP contribution in [0.4, 0.5) is 10.3 Å². The van der Waals surface area contributed by atoms with Crippen molar-refractivity contribution in [3.05, 3.63) is 106 Å². The minimum absolute atomic E-state index is 0.279. The Kier molecular flexibility index (Phi) is 9.25. The van der Waals surface area contributed by atoms with Gasteiger partial charge in [0.2, 0.25) is 0 Å². The van der Waals surface area contributed by atoms with Gasteiger partial charge in [0.1, 0.15) is 0 Å². The fourth-order valence-electron chi connectivity index (χ4n) is 4.61. The smallest absolute Gasteiger partial charge is 0.257 e. The minimum atomic E-state index is -0.279. The lowest BCUT2D eigenvalue weighted by molar-refractivity contribution is 0.101. The second kappa shape index (κ2) is 13.2. The van der Waals surface area contributed by atoms with Gasteiger partial charge in [-0.3, -0.25) is 20.2 Å². The van der Waals surface area contributed by atoms with Crippen LogP contribution in [0.5, 0.6) is 0 Å². The van der Waals surface area contributed by atoms with Crippen molar-refractivity contribution < 1.29 is 9.59 Å². The molecule has 0 spiro atoms. The van der Waals surface area contributed by atoms with Gasteiger partial charge >= 0.3 is 0 Å². The van der Waals surface area contributed by atoms with Gasteiger partial charge in [0.05, 0.1) is 11.4 Å². The summed E-state index contributed by atoms with van der Waals surface area (Å²) in [5.74, 6) is 0.656. The summed E-state index contributed by atoms with van der Waals surface area (Å²) in [5, 5.41) is 10.7. The summed E-state index contributed by atoms with van der Waals surface area (Å²) in [4.78, 5) is 34.8. The molecule has 2 N–H and O–H groups in total. The van der Waals surface area contributed by atoms with Crippen LogP contribution in [0.1, 0.15) is 59.5 Å². The molecule has 0 aliphatic carbocycles. The number of nitrogens with one attached hydrogen (secondary N) is 2. The van der Waals surface area contributed by atoms with Crippen molar-refractivity contribution in [1.29, 1.82) is 0 Å². The summed E-state index contributed by atoms with van der Waals surface area (Å²) in [6, 6.07) is 23.3. The van der Waals surface area contributed by atoms with Crippen LogP contribution in [-0.2, 0) is 12.8 Å². The van der Waals surface area contributed by atoms with E-state index < -0.39 is 0 Å². The van der Waals surface area contributed by atoms with Gasteiger partial charge in [-0.25, -0.2) is 9.97 Å². The van der Waals surface area contributed by atoms with E-state index in [1.54, 1.807) is 24.3 Å². The highest BCUT2D eigenvalue weighted by Gasteiger charge is 2.14. The van der Waals surface area contributed by atoms with E-state index in [1.807, 2.05) is 10.8 Å². The number of nitrogens with zero attached hydrogens (tertiary/aromatic N) is 2. The Morgan fingerprint density at radius 1 is 0.595 bits per heavy atom. The molecular formula is C34H34N4O2S2. The molecule has 5 rings (SSSR count). The van der Waals surface area contributed by atoms with Crippen molar-refractivity contribution in [2.75, 3.05) is 10.6 Å². The van der Waals surface area contributed by atoms with Crippen molar-refractivity contribution in [1.82, 2.24) is 9.97 Å². The van der Waals surface area contributed by atoms with E-state index in [2.05, 4.69) is 96.8 Å². The zero-order chi connectivity index (χ0) is 29.6. The monoisotopic (exact) mass is 594 g/mol. The maximum absolute atomic E-state index is 12.8. The molecule has 214 valence electrons. The van der Waals surface area contributed by atoms with E-state index in [0.717, 1.165) is 35.4 Å². The van der Waals surface area contributed by atoms with E-state index in [9.17, 15) is 9.59 Å². The number of amides is 2. The van der Waals surface area contributed by atoms with E-state index in [1.165, 1.54) is 33.8 Å². The highest BCUT2D eigenvalue weighted by molar-refractivity contribution is 7.14.